The summed E-state index contributed by atoms with van der Waals surface area (Å²) in [4.78, 5) is 19.2. The van der Waals surface area contributed by atoms with Crippen molar-refractivity contribution < 1.29 is 4.79 Å². The number of fused-ring (bicyclic) bond motifs is 1. The molecule has 1 aromatic heterocycles. The average Bonchev–Trinajstić information content (AvgIpc) is 2.47. The molecule has 1 aliphatic heterocycles. The van der Waals surface area contributed by atoms with Crippen LogP contribution in [0.5, 0.6) is 0 Å². The van der Waals surface area contributed by atoms with E-state index in [1.54, 1.807) is 6.20 Å². The van der Waals surface area contributed by atoms with Crippen LogP contribution >= 0.6 is 11.6 Å². The second-order valence-corrected chi connectivity index (χ2v) is 6.21. The Morgan fingerprint density at radius 3 is 2.48 bits per heavy atom. The molecule has 2 aromatic rings. The number of benzene rings is 1. The van der Waals surface area contributed by atoms with E-state index in [9.17, 15) is 4.79 Å². The van der Waals surface area contributed by atoms with Crippen LogP contribution in [-0.4, -0.2) is 27.9 Å². The highest BCUT2D eigenvalue weighted by molar-refractivity contribution is 6.34. The Kier molecular flexibility index (Phi) is 3.85. The molecule has 3 rings (SSSR count). The van der Waals surface area contributed by atoms with Crippen molar-refractivity contribution >= 4 is 28.3 Å². The number of halogens is 1. The molecule has 2 heterocycles. The predicted octanol–water partition coefficient (Wildman–Crippen LogP) is 4.29. The maximum atomic E-state index is 13.0. The van der Waals surface area contributed by atoms with Gasteiger partial charge >= 0.3 is 0 Å². The monoisotopic (exact) mass is 302 g/mol. The molecule has 0 N–H and O–H groups in total. The summed E-state index contributed by atoms with van der Waals surface area (Å²) < 4.78 is 0. The third kappa shape index (κ3) is 2.51. The van der Waals surface area contributed by atoms with Crippen molar-refractivity contribution in [3.05, 3.63) is 41.2 Å². The highest BCUT2D eigenvalue weighted by atomic mass is 35.5. The number of likely N-dealkylation sites (tertiary alicyclic amines) is 1. The summed E-state index contributed by atoms with van der Waals surface area (Å²) in [5.74, 6) is 0.0649. The van der Waals surface area contributed by atoms with Crippen LogP contribution < -0.4 is 0 Å². The molecule has 4 heteroatoms. The van der Waals surface area contributed by atoms with Gasteiger partial charge in [0.15, 0.2) is 0 Å². The molecule has 1 aromatic carbocycles. The van der Waals surface area contributed by atoms with Crippen LogP contribution in [-0.2, 0) is 0 Å². The Hall–Kier alpha value is -1.61. The van der Waals surface area contributed by atoms with Gasteiger partial charge in [0.05, 0.1) is 5.56 Å². The Morgan fingerprint density at radius 1 is 1.19 bits per heavy atom. The molecule has 21 heavy (non-hydrogen) atoms. The van der Waals surface area contributed by atoms with Crippen molar-refractivity contribution in [3.63, 3.8) is 0 Å². The number of aromatic nitrogens is 1. The van der Waals surface area contributed by atoms with E-state index in [2.05, 4.69) is 18.8 Å². The third-order valence-electron chi connectivity index (χ3n) is 4.40. The van der Waals surface area contributed by atoms with Crippen molar-refractivity contribution in [1.29, 1.82) is 0 Å². The molecular weight excluding hydrogens is 284 g/mol. The summed E-state index contributed by atoms with van der Waals surface area (Å²) in [6, 6.07) is 8.24. The number of hydrogen-bond acceptors (Lipinski definition) is 2. The molecule has 0 radical (unpaired) electrons. The van der Waals surface area contributed by atoms with Gasteiger partial charge < -0.3 is 4.90 Å². The first kappa shape index (κ1) is 14.3. The zero-order chi connectivity index (χ0) is 15.0. The number of pyridine rings is 1. The molecular formula is C17H19ClN2O. The van der Waals surface area contributed by atoms with E-state index in [1.807, 2.05) is 29.2 Å². The number of piperidine rings is 1. The molecule has 0 bridgehead atoms. The van der Waals surface area contributed by atoms with Gasteiger partial charge in [-0.1, -0.05) is 35.9 Å². The van der Waals surface area contributed by atoms with Gasteiger partial charge in [-0.2, -0.15) is 0 Å². The van der Waals surface area contributed by atoms with Crippen molar-refractivity contribution in [2.24, 2.45) is 0 Å². The Bertz CT molecular complexity index is 676. The largest absolute Gasteiger partial charge is 0.333 e. The van der Waals surface area contributed by atoms with E-state index in [1.165, 1.54) is 6.42 Å². The quantitative estimate of drug-likeness (QED) is 0.736. The van der Waals surface area contributed by atoms with Gasteiger partial charge in [0.1, 0.15) is 5.15 Å². The fourth-order valence-corrected chi connectivity index (χ4v) is 3.50. The molecule has 110 valence electrons. The molecule has 0 aliphatic carbocycles. The van der Waals surface area contributed by atoms with E-state index in [-0.39, 0.29) is 18.0 Å². The van der Waals surface area contributed by atoms with Gasteiger partial charge in [-0.05, 0) is 38.5 Å². The first-order valence-electron chi connectivity index (χ1n) is 7.45. The van der Waals surface area contributed by atoms with Crippen LogP contribution in [0.15, 0.2) is 30.5 Å². The third-order valence-corrected chi connectivity index (χ3v) is 4.71. The zero-order valence-corrected chi connectivity index (χ0v) is 13.1. The summed E-state index contributed by atoms with van der Waals surface area (Å²) in [6.45, 7) is 4.25. The van der Waals surface area contributed by atoms with Gasteiger partial charge in [-0.25, -0.2) is 4.98 Å². The summed E-state index contributed by atoms with van der Waals surface area (Å²) in [7, 11) is 0. The molecule has 1 saturated heterocycles. The van der Waals surface area contributed by atoms with Crippen molar-refractivity contribution in [2.45, 2.75) is 45.2 Å². The molecule has 1 amide bonds. The highest BCUT2D eigenvalue weighted by Gasteiger charge is 2.30. The smallest absolute Gasteiger partial charge is 0.256 e. The Morgan fingerprint density at radius 2 is 1.81 bits per heavy atom. The maximum Gasteiger partial charge on any atom is 0.256 e. The van der Waals surface area contributed by atoms with E-state index in [4.69, 9.17) is 11.6 Å². The highest BCUT2D eigenvalue weighted by Crippen LogP contribution is 2.29. The van der Waals surface area contributed by atoms with Crippen molar-refractivity contribution in [1.82, 2.24) is 9.88 Å². The second kappa shape index (κ2) is 5.64. The summed E-state index contributed by atoms with van der Waals surface area (Å²) in [5.41, 5.74) is 0.649. The van der Waals surface area contributed by atoms with Crippen LogP contribution in [0.1, 0.15) is 43.5 Å². The standard InChI is InChI=1S/C17H19ClN2O/c1-11-6-5-7-12(2)20(11)17(21)15-10-19-16(18)14-9-4-3-8-13(14)15/h3-4,8-12H,5-7H2,1-2H3. The molecule has 0 saturated carbocycles. The maximum absolute atomic E-state index is 13.0. The van der Waals surface area contributed by atoms with Crippen molar-refractivity contribution in [2.75, 3.05) is 0 Å². The normalized spacial score (nSPS) is 22.5. The number of hydrogen-bond donors (Lipinski definition) is 0. The topological polar surface area (TPSA) is 33.2 Å². The molecule has 2 unspecified atom stereocenters. The van der Waals surface area contributed by atoms with Crippen LogP contribution in [0, 0.1) is 0 Å². The van der Waals surface area contributed by atoms with Crippen LogP contribution in [0.25, 0.3) is 10.8 Å². The fourth-order valence-electron chi connectivity index (χ4n) is 3.29. The minimum absolute atomic E-state index is 0.0649. The van der Waals surface area contributed by atoms with Gasteiger partial charge in [0.2, 0.25) is 0 Å². The molecule has 3 nitrogen and oxygen atoms in total. The number of carbonyl (C=O) groups is 1. The lowest BCUT2D eigenvalue weighted by molar-refractivity contribution is 0.0512. The van der Waals surface area contributed by atoms with Crippen LogP contribution in [0.4, 0.5) is 0 Å². The SMILES string of the molecule is CC1CCCC(C)N1C(=O)c1cnc(Cl)c2ccccc12. The molecule has 2 atom stereocenters. The van der Waals surface area contributed by atoms with Gasteiger partial charge in [0.25, 0.3) is 5.91 Å². The Balaban J connectivity index is 2.08. The second-order valence-electron chi connectivity index (χ2n) is 5.85. The number of nitrogens with zero attached hydrogens (tertiary/aromatic N) is 2. The average molecular weight is 303 g/mol. The summed E-state index contributed by atoms with van der Waals surface area (Å²) >= 11 is 6.14. The molecule has 1 aliphatic rings. The summed E-state index contributed by atoms with van der Waals surface area (Å²) in [5, 5.41) is 2.16. The zero-order valence-electron chi connectivity index (χ0n) is 12.3. The fraction of sp³-hybridized carbons (Fsp3) is 0.412. The van der Waals surface area contributed by atoms with Gasteiger partial charge in [-0.3, -0.25) is 4.79 Å². The Labute approximate surface area is 129 Å². The predicted molar refractivity (Wildman–Crippen MR) is 85.7 cm³/mol. The van der Waals surface area contributed by atoms with Gasteiger partial charge in [-0.15, -0.1) is 0 Å². The first-order valence-corrected chi connectivity index (χ1v) is 7.83. The lowest BCUT2D eigenvalue weighted by Crippen LogP contribution is -2.47. The van der Waals surface area contributed by atoms with Crippen molar-refractivity contribution in [3.8, 4) is 0 Å². The molecule has 0 spiro atoms. The van der Waals surface area contributed by atoms with E-state index >= 15 is 0 Å². The number of carbonyl (C=O) groups excluding carboxylic acids is 1. The van der Waals surface area contributed by atoms with Crippen LogP contribution in [0.3, 0.4) is 0 Å². The minimum Gasteiger partial charge on any atom is -0.333 e. The molecule has 1 fully saturated rings. The number of rotatable bonds is 1. The van der Waals surface area contributed by atoms with E-state index in [0.29, 0.717) is 10.7 Å². The minimum atomic E-state index is 0.0649. The first-order chi connectivity index (χ1) is 10.1. The van der Waals surface area contributed by atoms with E-state index in [0.717, 1.165) is 23.6 Å². The number of amides is 1. The van der Waals surface area contributed by atoms with E-state index < -0.39 is 0 Å². The summed E-state index contributed by atoms with van der Waals surface area (Å²) in [6.07, 6.45) is 4.93. The lowest BCUT2D eigenvalue weighted by Gasteiger charge is -2.39. The lowest BCUT2D eigenvalue weighted by atomic mass is 9.96. The van der Waals surface area contributed by atoms with Crippen LogP contribution in [0.2, 0.25) is 5.15 Å². The van der Waals surface area contributed by atoms with Gasteiger partial charge in [0, 0.05) is 23.7 Å².